The maximum atomic E-state index is 11.3. The van der Waals surface area contributed by atoms with Gasteiger partial charge < -0.3 is 0 Å². The fourth-order valence-corrected chi connectivity index (χ4v) is 4.02. The summed E-state index contributed by atoms with van der Waals surface area (Å²) < 4.78 is 25.4. The van der Waals surface area contributed by atoms with E-state index in [-0.39, 0.29) is 11.8 Å². The van der Waals surface area contributed by atoms with Gasteiger partial charge in [0.25, 0.3) is 0 Å². The molecule has 16 heavy (non-hydrogen) atoms. The Morgan fingerprint density at radius 2 is 2.44 bits per heavy atom. The third-order valence-corrected chi connectivity index (χ3v) is 4.96. The Morgan fingerprint density at radius 1 is 1.69 bits per heavy atom. The zero-order valence-corrected chi connectivity index (χ0v) is 11.4. The van der Waals surface area contributed by atoms with Crippen LogP contribution < -0.4 is 0 Å². The second-order valence-electron chi connectivity index (χ2n) is 4.15. The molecule has 1 saturated heterocycles. The molecule has 5 nitrogen and oxygen atoms in total. The number of sulfone groups is 1. The second-order valence-corrected chi connectivity index (χ2v) is 7.30. The molecule has 0 bridgehead atoms. The fourth-order valence-electron chi connectivity index (χ4n) is 1.88. The molecule has 1 aromatic rings. The van der Waals surface area contributed by atoms with Gasteiger partial charge in [-0.2, -0.15) is 5.10 Å². The number of hydrogen-bond donors (Lipinski definition) is 0. The molecule has 90 valence electrons. The maximum absolute atomic E-state index is 11.3. The summed E-state index contributed by atoms with van der Waals surface area (Å²) in [4.78, 5) is 2.03. The van der Waals surface area contributed by atoms with Gasteiger partial charge in [0.15, 0.2) is 9.84 Å². The molecule has 0 N–H and O–H groups in total. The molecule has 0 aliphatic carbocycles. The number of hydrogen-bond acceptors (Lipinski definition) is 4. The highest BCUT2D eigenvalue weighted by molar-refractivity contribution is 9.10. The SMILES string of the molecule is CN(Cn1cc(Br)cn1)C1CCS(=O)(=O)C1. The van der Waals surface area contributed by atoms with Crippen LogP contribution >= 0.6 is 15.9 Å². The Kier molecular flexibility index (Phi) is 3.37. The number of rotatable bonds is 3. The van der Waals surface area contributed by atoms with Crippen molar-refractivity contribution in [2.24, 2.45) is 0 Å². The van der Waals surface area contributed by atoms with Crippen LogP contribution in [-0.4, -0.2) is 47.7 Å². The highest BCUT2D eigenvalue weighted by atomic mass is 79.9. The zero-order valence-electron chi connectivity index (χ0n) is 9.00. The molecule has 2 heterocycles. The molecule has 0 saturated carbocycles. The van der Waals surface area contributed by atoms with Gasteiger partial charge in [-0.3, -0.25) is 9.58 Å². The van der Waals surface area contributed by atoms with E-state index >= 15 is 0 Å². The summed E-state index contributed by atoms with van der Waals surface area (Å²) in [5.41, 5.74) is 0. The number of nitrogens with zero attached hydrogens (tertiary/aromatic N) is 3. The van der Waals surface area contributed by atoms with Crippen LogP contribution in [0.5, 0.6) is 0 Å². The first-order chi connectivity index (χ1) is 7.46. The molecule has 0 aromatic carbocycles. The normalized spacial score (nSPS) is 24.1. The molecular weight excluding hydrogens is 294 g/mol. The van der Waals surface area contributed by atoms with Gasteiger partial charge in [-0.1, -0.05) is 0 Å². The molecule has 1 aliphatic rings. The van der Waals surface area contributed by atoms with Gasteiger partial charge in [0, 0.05) is 12.2 Å². The quantitative estimate of drug-likeness (QED) is 0.826. The molecule has 1 atom stereocenters. The van der Waals surface area contributed by atoms with Crippen LogP contribution in [0.4, 0.5) is 0 Å². The van der Waals surface area contributed by atoms with Gasteiger partial charge in [-0.15, -0.1) is 0 Å². The smallest absolute Gasteiger partial charge is 0.151 e. The predicted octanol–water partition coefficient (Wildman–Crippen LogP) is 0.722. The molecule has 1 fully saturated rings. The fraction of sp³-hybridized carbons (Fsp3) is 0.667. The predicted molar refractivity (Wildman–Crippen MR) is 64.7 cm³/mol. The van der Waals surface area contributed by atoms with Crippen LogP contribution in [0.1, 0.15) is 6.42 Å². The van der Waals surface area contributed by atoms with Crippen LogP contribution in [0.25, 0.3) is 0 Å². The summed E-state index contributed by atoms with van der Waals surface area (Å²) in [6.07, 6.45) is 4.32. The van der Waals surface area contributed by atoms with Crippen molar-refractivity contribution < 1.29 is 8.42 Å². The van der Waals surface area contributed by atoms with Crippen molar-refractivity contribution in [3.63, 3.8) is 0 Å². The van der Waals surface area contributed by atoms with Crippen molar-refractivity contribution in [2.75, 3.05) is 18.6 Å². The van der Waals surface area contributed by atoms with Crippen molar-refractivity contribution in [1.82, 2.24) is 14.7 Å². The number of aromatic nitrogens is 2. The van der Waals surface area contributed by atoms with Gasteiger partial charge in [-0.25, -0.2) is 8.42 Å². The van der Waals surface area contributed by atoms with Crippen molar-refractivity contribution in [1.29, 1.82) is 0 Å². The minimum absolute atomic E-state index is 0.118. The van der Waals surface area contributed by atoms with Crippen LogP contribution in [0.15, 0.2) is 16.9 Å². The van der Waals surface area contributed by atoms with E-state index in [0.29, 0.717) is 12.4 Å². The van der Waals surface area contributed by atoms with Crippen molar-refractivity contribution in [2.45, 2.75) is 19.1 Å². The third-order valence-electron chi connectivity index (χ3n) is 2.80. The second kappa shape index (κ2) is 4.46. The Morgan fingerprint density at radius 3 is 2.94 bits per heavy atom. The summed E-state index contributed by atoms with van der Waals surface area (Å²) >= 11 is 3.33. The standard InChI is InChI=1S/C9H14BrN3O2S/c1-12(7-13-5-8(10)4-11-13)9-2-3-16(14,15)6-9/h4-5,9H,2-3,6-7H2,1H3. The lowest BCUT2D eigenvalue weighted by Crippen LogP contribution is -2.34. The van der Waals surface area contributed by atoms with E-state index in [2.05, 4.69) is 21.0 Å². The van der Waals surface area contributed by atoms with Crippen molar-refractivity contribution in [3.8, 4) is 0 Å². The summed E-state index contributed by atoms with van der Waals surface area (Å²) in [6.45, 7) is 0.617. The van der Waals surface area contributed by atoms with Gasteiger partial charge >= 0.3 is 0 Å². The lowest BCUT2D eigenvalue weighted by atomic mass is 10.2. The summed E-state index contributed by atoms with van der Waals surface area (Å²) in [5, 5.41) is 4.14. The molecule has 0 radical (unpaired) electrons. The topological polar surface area (TPSA) is 55.2 Å². The van der Waals surface area contributed by atoms with Gasteiger partial charge in [0.1, 0.15) is 0 Å². The Balaban J connectivity index is 1.96. The molecule has 0 spiro atoms. The van der Waals surface area contributed by atoms with E-state index in [9.17, 15) is 8.42 Å². The highest BCUT2D eigenvalue weighted by Crippen LogP contribution is 2.17. The average Bonchev–Trinajstić information content (AvgIpc) is 2.72. The zero-order chi connectivity index (χ0) is 11.8. The van der Waals surface area contributed by atoms with E-state index in [1.54, 1.807) is 10.9 Å². The molecule has 0 amide bonds. The van der Waals surface area contributed by atoms with Crippen LogP contribution in [0, 0.1) is 0 Å². The lowest BCUT2D eigenvalue weighted by molar-refractivity contribution is 0.198. The minimum Gasteiger partial charge on any atom is -0.283 e. The van der Waals surface area contributed by atoms with Gasteiger partial charge in [0.2, 0.25) is 0 Å². The number of halogens is 1. The largest absolute Gasteiger partial charge is 0.283 e. The average molecular weight is 308 g/mol. The van der Waals surface area contributed by atoms with E-state index < -0.39 is 9.84 Å². The highest BCUT2D eigenvalue weighted by Gasteiger charge is 2.30. The molecule has 2 rings (SSSR count). The van der Waals surface area contributed by atoms with E-state index in [4.69, 9.17) is 0 Å². The molecule has 7 heteroatoms. The summed E-state index contributed by atoms with van der Waals surface area (Å²) in [6, 6.07) is 0.118. The first kappa shape index (κ1) is 12.1. The van der Waals surface area contributed by atoms with Crippen molar-refractivity contribution in [3.05, 3.63) is 16.9 Å². The first-order valence-corrected chi connectivity index (χ1v) is 7.66. The minimum atomic E-state index is -2.81. The molecular formula is C9H14BrN3O2S. The summed E-state index contributed by atoms with van der Waals surface area (Å²) in [7, 11) is -0.877. The molecule has 1 unspecified atom stereocenters. The van der Waals surface area contributed by atoms with Gasteiger partial charge in [-0.05, 0) is 29.4 Å². The Labute approximate surface area is 103 Å². The van der Waals surface area contributed by atoms with Crippen molar-refractivity contribution >= 4 is 25.8 Å². The maximum Gasteiger partial charge on any atom is 0.151 e. The Bertz CT molecular complexity index is 471. The Hall–Kier alpha value is -0.400. The third kappa shape index (κ3) is 2.83. The molecule has 1 aliphatic heterocycles. The summed E-state index contributed by atoms with van der Waals surface area (Å²) in [5.74, 6) is 0.580. The van der Waals surface area contributed by atoms with E-state index in [1.807, 2.05) is 18.1 Å². The monoisotopic (exact) mass is 307 g/mol. The lowest BCUT2D eigenvalue weighted by Gasteiger charge is -2.22. The van der Waals surface area contributed by atoms with Crippen LogP contribution in [0.2, 0.25) is 0 Å². The van der Waals surface area contributed by atoms with Gasteiger partial charge in [0.05, 0.1) is 28.8 Å². The van der Waals surface area contributed by atoms with Crippen LogP contribution in [-0.2, 0) is 16.5 Å². The van der Waals surface area contributed by atoms with Crippen LogP contribution in [0.3, 0.4) is 0 Å². The first-order valence-electron chi connectivity index (χ1n) is 5.05. The van der Waals surface area contributed by atoms with E-state index in [0.717, 1.165) is 10.9 Å². The molecule has 1 aromatic heterocycles. The van der Waals surface area contributed by atoms with E-state index in [1.165, 1.54) is 0 Å².